The highest BCUT2D eigenvalue weighted by molar-refractivity contribution is 6.30. The average Bonchev–Trinajstić information content (AvgIpc) is 3.26. The van der Waals surface area contributed by atoms with Crippen molar-refractivity contribution in [3.05, 3.63) is 59.1 Å². The fraction of sp³-hybridized carbons (Fsp3) is 0.263. The Morgan fingerprint density at radius 3 is 2.81 bits per heavy atom. The molecular weight excluding hydrogens is 350 g/mol. The van der Waals surface area contributed by atoms with Crippen LogP contribution in [-0.4, -0.2) is 22.0 Å². The number of imidazole rings is 1. The number of anilines is 1. The summed E-state index contributed by atoms with van der Waals surface area (Å²) in [5.74, 6) is 0.272. The maximum atomic E-state index is 12.9. The van der Waals surface area contributed by atoms with Crippen LogP contribution < -0.4 is 16.2 Å². The SMILES string of the molecule is CCn1c(NC(=O)C2CNNC2c2ccc(Cl)cc2)nc2ccccc21. The molecule has 1 saturated heterocycles. The van der Waals surface area contributed by atoms with Gasteiger partial charge in [0, 0.05) is 18.1 Å². The zero-order valence-corrected chi connectivity index (χ0v) is 15.1. The van der Waals surface area contributed by atoms with Crippen LogP contribution in [0.25, 0.3) is 11.0 Å². The Hall–Kier alpha value is -2.41. The summed E-state index contributed by atoms with van der Waals surface area (Å²) in [4.78, 5) is 17.5. The van der Waals surface area contributed by atoms with E-state index in [9.17, 15) is 4.79 Å². The van der Waals surface area contributed by atoms with Gasteiger partial charge in [-0.25, -0.2) is 10.4 Å². The molecule has 0 bridgehead atoms. The van der Waals surface area contributed by atoms with Crippen LogP contribution in [0, 0.1) is 5.92 Å². The number of carbonyl (C=O) groups is 1. The van der Waals surface area contributed by atoms with Crippen molar-refractivity contribution in [2.75, 3.05) is 11.9 Å². The summed E-state index contributed by atoms with van der Waals surface area (Å²) in [5.41, 5.74) is 9.18. The zero-order valence-electron chi connectivity index (χ0n) is 14.4. The van der Waals surface area contributed by atoms with Crippen molar-refractivity contribution >= 4 is 34.5 Å². The van der Waals surface area contributed by atoms with Crippen LogP contribution in [0.5, 0.6) is 0 Å². The first-order valence-electron chi connectivity index (χ1n) is 8.67. The van der Waals surface area contributed by atoms with Gasteiger partial charge in [-0.05, 0) is 36.8 Å². The van der Waals surface area contributed by atoms with Gasteiger partial charge in [0.1, 0.15) is 0 Å². The molecule has 0 radical (unpaired) electrons. The van der Waals surface area contributed by atoms with Crippen LogP contribution in [0.1, 0.15) is 18.5 Å². The largest absolute Gasteiger partial charge is 0.310 e. The molecule has 3 aromatic rings. The summed E-state index contributed by atoms with van der Waals surface area (Å²) < 4.78 is 2.01. The molecule has 1 aromatic heterocycles. The highest BCUT2D eigenvalue weighted by Crippen LogP contribution is 2.28. The summed E-state index contributed by atoms with van der Waals surface area (Å²) in [6.07, 6.45) is 0. The first-order valence-corrected chi connectivity index (χ1v) is 9.05. The molecule has 3 N–H and O–H groups in total. The van der Waals surface area contributed by atoms with Gasteiger partial charge in [-0.3, -0.25) is 15.5 Å². The Kier molecular flexibility index (Phi) is 4.63. The number of rotatable bonds is 4. The smallest absolute Gasteiger partial charge is 0.233 e. The average molecular weight is 370 g/mol. The van der Waals surface area contributed by atoms with Gasteiger partial charge in [0.15, 0.2) is 0 Å². The molecular formula is C19H20ClN5O. The molecule has 26 heavy (non-hydrogen) atoms. The second kappa shape index (κ2) is 7.07. The van der Waals surface area contributed by atoms with E-state index in [4.69, 9.17) is 11.6 Å². The lowest BCUT2D eigenvalue weighted by Gasteiger charge is -2.18. The number of fused-ring (bicyclic) bond motifs is 1. The van der Waals surface area contributed by atoms with E-state index < -0.39 is 0 Å². The predicted molar refractivity (Wildman–Crippen MR) is 103 cm³/mol. The Morgan fingerprint density at radius 2 is 2.04 bits per heavy atom. The number of halogens is 1. The number of hydrogen-bond acceptors (Lipinski definition) is 4. The van der Waals surface area contributed by atoms with E-state index in [1.165, 1.54) is 0 Å². The maximum Gasteiger partial charge on any atom is 0.233 e. The van der Waals surface area contributed by atoms with E-state index >= 15 is 0 Å². The molecule has 1 fully saturated rings. The number of nitrogens with zero attached hydrogens (tertiary/aromatic N) is 2. The third kappa shape index (κ3) is 3.07. The Bertz CT molecular complexity index is 937. The van der Waals surface area contributed by atoms with Crippen LogP contribution in [0.4, 0.5) is 5.95 Å². The van der Waals surface area contributed by atoms with Gasteiger partial charge in [-0.15, -0.1) is 0 Å². The number of nitrogens with one attached hydrogen (secondary N) is 3. The molecule has 2 aromatic carbocycles. The van der Waals surface area contributed by atoms with Gasteiger partial charge in [-0.1, -0.05) is 35.9 Å². The van der Waals surface area contributed by atoms with Crippen LogP contribution in [-0.2, 0) is 11.3 Å². The lowest BCUT2D eigenvalue weighted by molar-refractivity contribution is -0.119. The molecule has 1 aliphatic heterocycles. The van der Waals surface area contributed by atoms with Crippen molar-refractivity contribution in [1.29, 1.82) is 0 Å². The molecule has 1 aliphatic rings. The van der Waals surface area contributed by atoms with E-state index in [2.05, 4.69) is 21.2 Å². The third-order valence-electron chi connectivity index (χ3n) is 4.75. The second-order valence-electron chi connectivity index (χ2n) is 6.32. The highest BCUT2D eigenvalue weighted by Gasteiger charge is 2.34. The van der Waals surface area contributed by atoms with Crippen molar-refractivity contribution in [1.82, 2.24) is 20.4 Å². The monoisotopic (exact) mass is 369 g/mol. The quantitative estimate of drug-likeness (QED) is 0.660. The first kappa shape index (κ1) is 17.0. The number of amides is 1. The van der Waals surface area contributed by atoms with Crippen molar-refractivity contribution in [3.8, 4) is 0 Å². The second-order valence-corrected chi connectivity index (χ2v) is 6.76. The molecule has 0 aliphatic carbocycles. The van der Waals surface area contributed by atoms with Crippen molar-refractivity contribution in [3.63, 3.8) is 0 Å². The predicted octanol–water partition coefficient (Wildman–Crippen LogP) is 3.11. The molecule has 1 amide bonds. The number of aromatic nitrogens is 2. The summed E-state index contributed by atoms with van der Waals surface area (Å²) in [7, 11) is 0. The molecule has 4 rings (SSSR count). The van der Waals surface area contributed by atoms with E-state index in [0.29, 0.717) is 17.5 Å². The molecule has 0 saturated carbocycles. The Balaban J connectivity index is 1.58. The molecule has 2 atom stereocenters. The van der Waals surface area contributed by atoms with Crippen LogP contribution in [0.2, 0.25) is 5.02 Å². The van der Waals surface area contributed by atoms with Gasteiger partial charge >= 0.3 is 0 Å². The van der Waals surface area contributed by atoms with Crippen molar-refractivity contribution in [2.24, 2.45) is 5.92 Å². The summed E-state index contributed by atoms with van der Waals surface area (Å²) >= 11 is 5.97. The van der Waals surface area contributed by atoms with E-state index in [0.717, 1.165) is 23.1 Å². The number of hydrogen-bond donors (Lipinski definition) is 3. The molecule has 2 unspecified atom stereocenters. The fourth-order valence-corrected chi connectivity index (χ4v) is 3.55. The lowest BCUT2D eigenvalue weighted by Crippen LogP contribution is -2.30. The first-order chi connectivity index (χ1) is 12.7. The Labute approximate surface area is 156 Å². The topological polar surface area (TPSA) is 71.0 Å². The van der Waals surface area contributed by atoms with Gasteiger partial charge < -0.3 is 4.57 Å². The van der Waals surface area contributed by atoms with E-state index in [1.54, 1.807) is 0 Å². The number of benzene rings is 2. The summed E-state index contributed by atoms with van der Waals surface area (Å²) in [5, 5.41) is 3.69. The van der Waals surface area contributed by atoms with Crippen molar-refractivity contribution in [2.45, 2.75) is 19.5 Å². The number of carbonyl (C=O) groups excluding carboxylic acids is 1. The molecule has 6 nitrogen and oxygen atoms in total. The van der Waals surface area contributed by atoms with E-state index in [-0.39, 0.29) is 17.9 Å². The highest BCUT2D eigenvalue weighted by atomic mass is 35.5. The maximum absolute atomic E-state index is 12.9. The normalized spacial score (nSPS) is 19.8. The third-order valence-corrected chi connectivity index (χ3v) is 5.01. The van der Waals surface area contributed by atoms with Gasteiger partial charge in [0.25, 0.3) is 0 Å². The minimum atomic E-state index is -0.249. The van der Waals surface area contributed by atoms with Crippen molar-refractivity contribution < 1.29 is 4.79 Å². The standard InChI is InChI=1S/C19H20ClN5O/c1-2-25-16-6-4-3-5-15(16)22-19(25)23-18(26)14-11-21-24-17(14)12-7-9-13(20)10-8-12/h3-10,14,17,21,24H,2,11H2,1H3,(H,22,23,26). The summed E-state index contributed by atoms with van der Waals surface area (Å²) in [6.45, 7) is 3.32. The molecule has 7 heteroatoms. The van der Waals surface area contributed by atoms with Crippen LogP contribution >= 0.6 is 11.6 Å². The Morgan fingerprint density at radius 1 is 1.27 bits per heavy atom. The molecule has 2 heterocycles. The van der Waals surface area contributed by atoms with Gasteiger partial charge in [-0.2, -0.15) is 0 Å². The number of hydrazine groups is 1. The minimum absolute atomic E-state index is 0.0625. The zero-order chi connectivity index (χ0) is 18.1. The van der Waals surface area contributed by atoms with Gasteiger partial charge in [0.2, 0.25) is 11.9 Å². The molecule has 0 spiro atoms. The lowest BCUT2D eigenvalue weighted by atomic mass is 9.94. The number of para-hydroxylation sites is 2. The fourth-order valence-electron chi connectivity index (χ4n) is 3.42. The van der Waals surface area contributed by atoms with Crippen LogP contribution in [0.15, 0.2) is 48.5 Å². The number of aryl methyl sites for hydroxylation is 1. The molecule has 134 valence electrons. The minimum Gasteiger partial charge on any atom is -0.310 e. The van der Waals surface area contributed by atoms with Gasteiger partial charge in [0.05, 0.1) is 23.0 Å². The van der Waals surface area contributed by atoms with Crippen LogP contribution in [0.3, 0.4) is 0 Å². The summed E-state index contributed by atoms with van der Waals surface area (Å²) in [6, 6.07) is 15.3. The van der Waals surface area contributed by atoms with E-state index in [1.807, 2.05) is 60.0 Å².